The number of benzene rings is 4. The summed E-state index contributed by atoms with van der Waals surface area (Å²) in [4.78, 5) is 49.2. The summed E-state index contributed by atoms with van der Waals surface area (Å²) in [6.07, 6.45) is 0. The fourth-order valence-electron chi connectivity index (χ4n) is 4.28. The molecule has 6 rings (SSSR count). The second kappa shape index (κ2) is 11.2. The zero-order valence-corrected chi connectivity index (χ0v) is 23.6. The van der Waals surface area contributed by atoms with Gasteiger partial charge in [0.1, 0.15) is 0 Å². The molecule has 0 amide bonds. The minimum Gasteiger partial charge on any atom is -0.399 e. The highest BCUT2D eigenvalue weighted by Crippen LogP contribution is 2.31. The summed E-state index contributed by atoms with van der Waals surface area (Å²) < 4.78 is 1.59. The number of nitrogens with two attached hydrogens (primary N) is 2. The van der Waals surface area contributed by atoms with Crippen LogP contribution in [0.25, 0.3) is 0 Å². The molecule has 0 radical (unpaired) electrons. The Hall–Kier alpha value is -4.39. The maximum Gasteiger partial charge on any atom is 0.194 e. The Morgan fingerprint density at radius 3 is 1.08 bits per heavy atom. The maximum absolute atomic E-state index is 12.3. The Morgan fingerprint density at radius 1 is 0.513 bits per heavy atom. The Morgan fingerprint density at radius 2 is 0.769 bits per heavy atom. The van der Waals surface area contributed by atoms with E-state index in [9.17, 15) is 19.2 Å². The molecule has 0 aromatic heterocycles. The number of carbonyl (C=O) groups excluding carboxylic acids is 4. The van der Waals surface area contributed by atoms with Crippen LogP contribution in [0.2, 0.25) is 0 Å². The van der Waals surface area contributed by atoms with Gasteiger partial charge in [-0.1, -0.05) is 31.9 Å². The first kappa shape index (κ1) is 27.6. The molecule has 2 aliphatic rings. The van der Waals surface area contributed by atoms with Crippen LogP contribution in [0.1, 0.15) is 70.6 Å². The van der Waals surface area contributed by atoms with Crippen molar-refractivity contribution in [2.45, 2.75) is 6.92 Å². The van der Waals surface area contributed by atoms with E-state index in [1.54, 1.807) is 66.7 Å². The summed E-state index contributed by atoms with van der Waals surface area (Å²) in [6, 6.07) is 21.5. The van der Waals surface area contributed by atoms with E-state index in [1.165, 1.54) is 19.1 Å². The van der Waals surface area contributed by atoms with Crippen molar-refractivity contribution in [1.29, 1.82) is 5.26 Å². The molecule has 0 unspecified atom stereocenters. The van der Waals surface area contributed by atoms with Crippen LogP contribution < -0.4 is 11.5 Å². The number of hydrogen-bond acceptors (Lipinski definition) is 7. The van der Waals surface area contributed by atoms with Gasteiger partial charge in [0.25, 0.3) is 0 Å². The average Bonchev–Trinajstić information content (AvgIpc) is 2.91. The van der Waals surface area contributed by atoms with Gasteiger partial charge < -0.3 is 11.5 Å². The number of ketones is 4. The van der Waals surface area contributed by atoms with Gasteiger partial charge >= 0.3 is 0 Å². The van der Waals surface area contributed by atoms with E-state index in [-0.39, 0.29) is 23.1 Å². The summed E-state index contributed by atoms with van der Waals surface area (Å²) in [5, 5.41) is 7.32. The summed E-state index contributed by atoms with van der Waals surface area (Å²) >= 11 is 6.64. The van der Waals surface area contributed by atoms with Gasteiger partial charge in [0.15, 0.2) is 23.1 Å². The highest BCUT2D eigenvalue weighted by molar-refractivity contribution is 9.10. The van der Waals surface area contributed by atoms with E-state index in [2.05, 4.69) is 31.9 Å². The number of nitriles is 1. The Balaban J connectivity index is 0.000000165. The van der Waals surface area contributed by atoms with Gasteiger partial charge in [-0.25, -0.2) is 0 Å². The normalized spacial score (nSPS) is 12.4. The smallest absolute Gasteiger partial charge is 0.194 e. The van der Waals surface area contributed by atoms with E-state index in [4.69, 9.17) is 16.7 Å². The van der Waals surface area contributed by atoms with Gasteiger partial charge in [-0.05, 0) is 72.8 Å². The van der Waals surface area contributed by atoms with Gasteiger partial charge in [-0.3, -0.25) is 19.2 Å². The molecule has 9 heteroatoms. The number of nitrogen functional groups attached to an aromatic ring is 2. The quantitative estimate of drug-likeness (QED) is 0.189. The standard InChI is InChI=1S/C14H6Br2O2.C14H10N2O2.C2H3N/c2*15-7-1-3-9-11(5-7)14(18)10-4-2-8(16)6-12(10)13(9)17;1-2-3/h1-6H;1-6H,15-16H2;1H3. The van der Waals surface area contributed by atoms with Crippen molar-refractivity contribution in [2.24, 2.45) is 0 Å². The second-order valence-electron chi connectivity index (χ2n) is 8.53. The van der Waals surface area contributed by atoms with Gasteiger partial charge in [-0.15, -0.1) is 0 Å². The first-order valence-corrected chi connectivity index (χ1v) is 13.0. The van der Waals surface area contributed by atoms with Crippen LogP contribution in [0.5, 0.6) is 0 Å². The maximum atomic E-state index is 12.3. The number of halogens is 2. The SMILES string of the molecule is CC#N.Nc1ccc2c(c1)C(=O)c1ccc(N)cc1C2=O.O=C1c2ccc(Br)cc2C(=O)c2ccc(Br)cc21. The molecular formula is C30H19Br2N3O4. The number of fused-ring (bicyclic) bond motifs is 4. The lowest BCUT2D eigenvalue weighted by Gasteiger charge is -2.17. The molecule has 39 heavy (non-hydrogen) atoms. The van der Waals surface area contributed by atoms with Crippen molar-refractivity contribution in [1.82, 2.24) is 0 Å². The van der Waals surface area contributed by atoms with Gasteiger partial charge in [-0.2, -0.15) is 5.26 Å². The molecule has 4 N–H and O–H groups in total. The van der Waals surface area contributed by atoms with Crippen LogP contribution in [-0.2, 0) is 0 Å². The predicted molar refractivity (Wildman–Crippen MR) is 155 cm³/mol. The zero-order chi connectivity index (χ0) is 28.4. The van der Waals surface area contributed by atoms with Crippen LogP contribution in [0.3, 0.4) is 0 Å². The summed E-state index contributed by atoms with van der Waals surface area (Å²) in [6.45, 7) is 1.43. The van der Waals surface area contributed by atoms with Crippen molar-refractivity contribution in [3.63, 3.8) is 0 Å². The minimum atomic E-state index is -0.188. The molecular weight excluding hydrogens is 626 g/mol. The van der Waals surface area contributed by atoms with Crippen LogP contribution in [0.15, 0.2) is 81.7 Å². The fourth-order valence-corrected chi connectivity index (χ4v) is 5.00. The van der Waals surface area contributed by atoms with Crippen LogP contribution in [-0.4, -0.2) is 23.1 Å². The van der Waals surface area contributed by atoms with E-state index in [1.807, 2.05) is 0 Å². The summed E-state index contributed by atoms with van der Waals surface area (Å²) in [7, 11) is 0. The molecule has 0 heterocycles. The van der Waals surface area contributed by atoms with Crippen LogP contribution >= 0.6 is 31.9 Å². The van der Waals surface area contributed by atoms with E-state index < -0.39 is 0 Å². The van der Waals surface area contributed by atoms with Gasteiger partial charge in [0.2, 0.25) is 0 Å². The fraction of sp³-hybridized carbons (Fsp3) is 0.0333. The lowest BCUT2D eigenvalue weighted by Crippen LogP contribution is -2.21. The second-order valence-corrected chi connectivity index (χ2v) is 10.4. The molecule has 2 aliphatic carbocycles. The van der Waals surface area contributed by atoms with Crippen molar-refractivity contribution in [3.05, 3.63) is 126 Å². The topological polar surface area (TPSA) is 144 Å². The minimum absolute atomic E-state index is 0.103. The molecule has 0 bridgehead atoms. The van der Waals surface area contributed by atoms with Crippen LogP contribution in [0.4, 0.5) is 11.4 Å². The molecule has 0 aliphatic heterocycles. The number of nitrogens with zero attached hydrogens (tertiary/aromatic N) is 1. The monoisotopic (exact) mass is 643 g/mol. The first-order chi connectivity index (χ1) is 18.6. The number of anilines is 2. The predicted octanol–water partition coefficient (Wildman–Crippen LogP) is 6.14. The van der Waals surface area contributed by atoms with E-state index in [0.717, 1.165) is 8.95 Å². The molecule has 0 saturated carbocycles. The third-order valence-corrected chi connectivity index (χ3v) is 6.99. The van der Waals surface area contributed by atoms with Gasteiger partial charge in [0, 0.05) is 71.8 Å². The largest absolute Gasteiger partial charge is 0.399 e. The third kappa shape index (κ3) is 5.30. The zero-order valence-electron chi connectivity index (χ0n) is 20.4. The molecule has 4 aromatic carbocycles. The average molecular weight is 645 g/mol. The first-order valence-electron chi connectivity index (χ1n) is 11.4. The summed E-state index contributed by atoms with van der Waals surface area (Å²) in [5.41, 5.74) is 15.6. The lowest BCUT2D eigenvalue weighted by atomic mass is 9.83. The molecule has 4 aromatic rings. The number of hydrogen-bond donors (Lipinski definition) is 2. The molecule has 7 nitrogen and oxygen atoms in total. The number of carbonyl (C=O) groups is 4. The lowest BCUT2D eigenvalue weighted by molar-refractivity contribution is 0.0979. The van der Waals surface area contributed by atoms with E-state index >= 15 is 0 Å². The molecule has 0 atom stereocenters. The number of rotatable bonds is 0. The molecule has 192 valence electrons. The van der Waals surface area contributed by atoms with Crippen molar-refractivity contribution in [3.8, 4) is 6.07 Å². The summed E-state index contributed by atoms with van der Waals surface area (Å²) in [5.74, 6) is -0.583. The Labute approximate surface area is 240 Å². The third-order valence-electron chi connectivity index (χ3n) is 6.01. The highest BCUT2D eigenvalue weighted by atomic mass is 79.9. The van der Waals surface area contributed by atoms with Crippen molar-refractivity contribution in [2.75, 3.05) is 11.5 Å². The highest BCUT2D eigenvalue weighted by Gasteiger charge is 2.30. The molecule has 0 spiro atoms. The molecule has 0 fully saturated rings. The van der Waals surface area contributed by atoms with Crippen molar-refractivity contribution >= 4 is 66.4 Å². The van der Waals surface area contributed by atoms with E-state index in [0.29, 0.717) is 55.9 Å². The molecule has 0 saturated heterocycles. The van der Waals surface area contributed by atoms with Crippen LogP contribution in [0, 0.1) is 11.3 Å². The van der Waals surface area contributed by atoms with Gasteiger partial charge in [0.05, 0.1) is 6.07 Å². The van der Waals surface area contributed by atoms with Crippen molar-refractivity contribution < 1.29 is 19.2 Å². The Kier molecular flexibility index (Phi) is 7.90. The Bertz CT molecular complexity index is 1510.